The summed E-state index contributed by atoms with van der Waals surface area (Å²) in [7, 11) is 0. The molecule has 0 fully saturated rings. The minimum Gasteiger partial charge on any atom is -0.456 e. The zero-order valence-corrected chi connectivity index (χ0v) is 27.7. The molecule has 0 aliphatic carbocycles. The molecule has 3 aromatic heterocycles. The molecule has 0 amide bonds. The van der Waals surface area contributed by atoms with E-state index in [-0.39, 0.29) is 0 Å². The third kappa shape index (κ3) is 4.17. The van der Waals surface area contributed by atoms with Crippen molar-refractivity contribution in [2.24, 2.45) is 0 Å². The van der Waals surface area contributed by atoms with Crippen molar-refractivity contribution < 1.29 is 4.42 Å². The first-order chi connectivity index (χ1) is 24.6. The standard InChI is InChI=1S/C46H31N3O/c1-28(2)30-15-19-44-38(24-30)36-11-4-6-13-42(36)48(44)33-9-7-8-31(23-33)32-16-20-45-39(25-32)40-26-34(17-21-46(40)50-45)49-41-12-5-3-10-35(41)37-22-29(27-47)14-18-43(37)49/h3-26,28H,1-2H3. The van der Waals surface area contributed by atoms with E-state index in [1.54, 1.807) is 0 Å². The maximum atomic E-state index is 9.60. The number of para-hydroxylation sites is 2. The van der Waals surface area contributed by atoms with Gasteiger partial charge in [0.25, 0.3) is 0 Å². The molecule has 0 spiro atoms. The van der Waals surface area contributed by atoms with Crippen LogP contribution >= 0.6 is 0 Å². The Balaban J connectivity index is 1.13. The van der Waals surface area contributed by atoms with Crippen LogP contribution in [0.1, 0.15) is 30.9 Å². The Morgan fingerprint density at radius 1 is 0.480 bits per heavy atom. The largest absolute Gasteiger partial charge is 0.456 e. The van der Waals surface area contributed by atoms with Gasteiger partial charge in [-0.25, -0.2) is 0 Å². The Morgan fingerprint density at radius 2 is 1.08 bits per heavy atom. The van der Waals surface area contributed by atoms with Gasteiger partial charge < -0.3 is 13.6 Å². The molecule has 236 valence electrons. The Bertz CT molecular complexity index is 3040. The number of hydrogen-bond acceptors (Lipinski definition) is 2. The lowest BCUT2D eigenvalue weighted by molar-refractivity contribution is 0.669. The number of aromatic nitrogens is 2. The minimum atomic E-state index is 0.467. The van der Waals surface area contributed by atoms with Gasteiger partial charge in [0, 0.05) is 43.7 Å². The number of fused-ring (bicyclic) bond motifs is 9. The van der Waals surface area contributed by atoms with Crippen LogP contribution in [-0.4, -0.2) is 9.13 Å². The molecule has 0 aliphatic rings. The van der Waals surface area contributed by atoms with Gasteiger partial charge >= 0.3 is 0 Å². The van der Waals surface area contributed by atoms with Crippen molar-refractivity contribution in [3.8, 4) is 28.6 Å². The lowest BCUT2D eigenvalue weighted by atomic mass is 10.0. The van der Waals surface area contributed by atoms with E-state index in [9.17, 15) is 5.26 Å². The molecule has 0 saturated carbocycles. The van der Waals surface area contributed by atoms with E-state index in [4.69, 9.17) is 4.42 Å². The van der Waals surface area contributed by atoms with E-state index in [0.717, 1.165) is 66.2 Å². The van der Waals surface area contributed by atoms with Crippen molar-refractivity contribution in [2.75, 3.05) is 0 Å². The van der Waals surface area contributed by atoms with Crippen LogP contribution in [0.4, 0.5) is 0 Å². The highest BCUT2D eigenvalue weighted by atomic mass is 16.3. The zero-order chi connectivity index (χ0) is 33.5. The molecule has 0 saturated heterocycles. The van der Waals surface area contributed by atoms with Crippen molar-refractivity contribution in [3.05, 3.63) is 157 Å². The summed E-state index contributed by atoms with van der Waals surface area (Å²) in [5.74, 6) is 0.467. The van der Waals surface area contributed by atoms with E-state index < -0.39 is 0 Å². The van der Waals surface area contributed by atoms with Crippen LogP contribution in [0.15, 0.2) is 150 Å². The van der Waals surface area contributed by atoms with E-state index in [1.165, 1.54) is 27.4 Å². The van der Waals surface area contributed by atoms with Crippen LogP contribution in [-0.2, 0) is 0 Å². The Kier molecular flexibility index (Phi) is 6.10. The predicted octanol–water partition coefficient (Wildman–Crippen LogP) is 12.4. The summed E-state index contributed by atoms with van der Waals surface area (Å²) in [6.45, 7) is 4.50. The highest BCUT2D eigenvalue weighted by Gasteiger charge is 2.17. The third-order valence-electron chi connectivity index (χ3n) is 10.3. The summed E-state index contributed by atoms with van der Waals surface area (Å²) in [6, 6.07) is 54.0. The smallest absolute Gasteiger partial charge is 0.135 e. The normalized spacial score (nSPS) is 12.0. The summed E-state index contributed by atoms with van der Waals surface area (Å²) >= 11 is 0. The van der Waals surface area contributed by atoms with Crippen LogP contribution < -0.4 is 0 Å². The topological polar surface area (TPSA) is 46.8 Å². The van der Waals surface area contributed by atoms with E-state index >= 15 is 0 Å². The van der Waals surface area contributed by atoms with Crippen LogP contribution in [0.5, 0.6) is 0 Å². The number of rotatable bonds is 4. The summed E-state index contributed by atoms with van der Waals surface area (Å²) in [5, 5.41) is 16.5. The fourth-order valence-electron chi connectivity index (χ4n) is 7.86. The molecule has 0 aliphatic heterocycles. The van der Waals surface area contributed by atoms with Gasteiger partial charge in [-0.3, -0.25) is 0 Å². The van der Waals surface area contributed by atoms with Gasteiger partial charge in [-0.05, 0) is 108 Å². The van der Waals surface area contributed by atoms with Gasteiger partial charge in [0.15, 0.2) is 0 Å². The minimum absolute atomic E-state index is 0.467. The van der Waals surface area contributed by atoms with Gasteiger partial charge in [-0.15, -0.1) is 0 Å². The number of furan rings is 1. The second-order valence-electron chi connectivity index (χ2n) is 13.5. The van der Waals surface area contributed by atoms with E-state index in [2.05, 4.69) is 163 Å². The molecule has 4 nitrogen and oxygen atoms in total. The van der Waals surface area contributed by atoms with Crippen molar-refractivity contribution >= 4 is 65.6 Å². The second-order valence-corrected chi connectivity index (χ2v) is 13.5. The molecule has 10 rings (SSSR count). The molecule has 0 radical (unpaired) electrons. The van der Waals surface area contributed by atoms with Crippen molar-refractivity contribution in [1.82, 2.24) is 9.13 Å². The molecule has 0 N–H and O–H groups in total. The fraction of sp³-hybridized carbons (Fsp3) is 0.0652. The van der Waals surface area contributed by atoms with E-state index in [1.807, 2.05) is 12.1 Å². The molecular weight excluding hydrogens is 611 g/mol. The predicted molar refractivity (Wildman–Crippen MR) is 207 cm³/mol. The summed E-state index contributed by atoms with van der Waals surface area (Å²) in [5.41, 5.74) is 12.8. The Labute approximate surface area is 288 Å². The average Bonchev–Trinajstić information content (AvgIpc) is 3.81. The van der Waals surface area contributed by atoms with Crippen LogP contribution in [0.3, 0.4) is 0 Å². The highest BCUT2D eigenvalue weighted by Crippen LogP contribution is 2.39. The summed E-state index contributed by atoms with van der Waals surface area (Å²) < 4.78 is 11.1. The monoisotopic (exact) mass is 641 g/mol. The van der Waals surface area contributed by atoms with Gasteiger partial charge in [0.2, 0.25) is 0 Å². The van der Waals surface area contributed by atoms with Gasteiger partial charge in [0.05, 0.1) is 33.7 Å². The average molecular weight is 642 g/mol. The van der Waals surface area contributed by atoms with Crippen LogP contribution in [0.2, 0.25) is 0 Å². The first-order valence-corrected chi connectivity index (χ1v) is 17.1. The molecule has 0 unspecified atom stereocenters. The van der Waals surface area contributed by atoms with Gasteiger partial charge in [-0.2, -0.15) is 5.26 Å². The molecule has 4 heteroatoms. The maximum absolute atomic E-state index is 9.60. The van der Waals surface area contributed by atoms with E-state index in [0.29, 0.717) is 11.5 Å². The molecule has 0 atom stereocenters. The number of nitriles is 1. The molecular formula is C46H31N3O. The van der Waals surface area contributed by atoms with Crippen LogP contribution in [0, 0.1) is 11.3 Å². The first kappa shape index (κ1) is 28.4. The van der Waals surface area contributed by atoms with Crippen molar-refractivity contribution in [2.45, 2.75) is 19.8 Å². The number of nitrogens with zero attached hydrogens (tertiary/aromatic N) is 3. The molecule has 50 heavy (non-hydrogen) atoms. The van der Waals surface area contributed by atoms with Gasteiger partial charge in [-0.1, -0.05) is 74.5 Å². The van der Waals surface area contributed by atoms with Crippen molar-refractivity contribution in [3.63, 3.8) is 0 Å². The summed E-state index contributed by atoms with van der Waals surface area (Å²) in [6.07, 6.45) is 0. The first-order valence-electron chi connectivity index (χ1n) is 17.1. The van der Waals surface area contributed by atoms with Crippen LogP contribution in [0.25, 0.3) is 88.1 Å². The lowest BCUT2D eigenvalue weighted by Gasteiger charge is -2.11. The second kappa shape index (κ2) is 10.7. The number of benzene rings is 7. The quantitative estimate of drug-likeness (QED) is 0.192. The molecule has 3 heterocycles. The Hall–Kier alpha value is -6.57. The maximum Gasteiger partial charge on any atom is 0.135 e. The molecule has 7 aromatic carbocycles. The summed E-state index contributed by atoms with van der Waals surface area (Å²) in [4.78, 5) is 0. The van der Waals surface area contributed by atoms with Gasteiger partial charge in [0.1, 0.15) is 11.2 Å². The highest BCUT2D eigenvalue weighted by molar-refractivity contribution is 6.12. The third-order valence-corrected chi connectivity index (χ3v) is 10.3. The molecule has 0 bridgehead atoms. The fourth-order valence-corrected chi connectivity index (χ4v) is 7.86. The Morgan fingerprint density at radius 3 is 1.80 bits per heavy atom. The van der Waals surface area contributed by atoms with Crippen molar-refractivity contribution in [1.29, 1.82) is 5.26 Å². The lowest BCUT2D eigenvalue weighted by Crippen LogP contribution is -1.95. The molecule has 10 aromatic rings. The number of hydrogen-bond donors (Lipinski definition) is 0. The SMILES string of the molecule is CC(C)c1ccc2c(c1)c1ccccc1n2-c1cccc(-c2ccc3oc4ccc(-n5c6ccccc6c6cc(C#N)ccc65)cc4c3c2)c1. The zero-order valence-electron chi connectivity index (χ0n) is 27.7.